The average Bonchev–Trinajstić information content (AvgIpc) is 2.66. The zero-order valence-corrected chi connectivity index (χ0v) is 16.8. The van der Waals surface area contributed by atoms with Crippen LogP contribution in [0.5, 0.6) is 0 Å². The van der Waals surface area contributed by atoms with Gasteiger partial charge in [0.25, 0.3) is 15.9 Å². The number of benzene rings is 2. The van der Waals surface area contributed by atoms with E-state index in [1.165, 1.54) is 32.4 Å². The maximum atomic E-state index is 12.5. The van der Waals surface area contributed by atoms with Crippen molar-refractivity contribution in [3.63, 3.8) is 0 Å². The van der Waals surface area contributed by atoms with Gasteiger partial charge in [-0.1, -0.05) is 34.8 Å². The fraction of sp³-hybridized carbons (Fsp3) is 0.316. The fourth-order valence-corrected chi connectivity index (χ4v) is 3.57. The van der Waals surface area contributed by atoms with Gasteiger partial charge in [-0.3, -0.25) is 9.63 Å². The Morgan fingerprint density at radius 1 is 1.04 bits per heavy atom. The molecule has 2 aromatic rings. The molecule has 1 N–H and O–H groups in total. The van der Waals surface area contributed by atoms with Gasteiger partial charge >= 0.3 is 0 Å². The molecule has 0 heterocycles. The highest BCUT2D eigenvalue weighted by Gasteiger charge is 2.21. The van der Waals surface area contributed by atoms with Crippen LogP contribution < -0.4 is 5.32 Å². The van der Waals surface area contributed by atoms with E-state index in [0.29, 0.717) is 6.54 Å². The summed E-state index contributed by atoms with van der Waals surface area (Å²) in [5.41, 5.74) is 2.41. The van der Waals surface area contributed by atoms with Crippen molar-refractivity contribution in [1.29, 1.82) is 0 Å². The number of hydrogen-bond donors (Lipinski definition) is 1. The van der Waals surface area contributed by atoms with Gasteiger partial charge in [-0.2, -0.15) is 0 Å². The van der Waals surface area contributed by atoms with Gasteiger partial charge in [-0.15, -0.1) is 0 Å². The first kappa shape index (κ1) is 21.0. The van der Waals surface area contributed by atoms with E-state index in [0.717, 1.165) is 22.1 Å². The van der Waals surface area contributed by atoms with Crippen LogP contribution in [0.25, 0.3) is 0 Å². The third kappa shape index (κ3) is 5.36. The van der Waals surface area contributed by atoms with Gasteiger partial charge in [0.15, 0.2) is 0 Å². The van der Waals surface area contributed by atoms with Gasteiger partial charge in [0.2, 0.25) is 0 Å². The lowest BCUT2D eigenvalue weighted by Crippen LogP contribution is -2.27. The van der Waals surface area contributed by atoms with Crippen molar-refractivity contribution in [3.8, 4) is 0 Å². The fourth-order valence-electron chi connectivity index (χ4n) is 2.55. The van der Waals surface area contributed by atoms with Crippen LogP contribution in [0, 0.1) is 0 Å². The number of carbonyl (C=O) groups excluding carboxylic acids is 1. The first-order chi connectivity index (χ1) is 12.8. The molecule has 0 aliphatic carbocycles. The number of rotatable bonds is 8. The minimum Gasteiger partial charge on any atom is -0.348 e. The second-order valence-corrected chi connectivity index (χ2v) is 8.25. The maximum absolute atomic E-state index is 12.5. The molecule has 27 heavy (non-hydrogen) atoms. The lowest BCUT2D eigenvalue weighted by atomic mass is 10.1. The van der Waals surface area contributed by atoms with E-state index in [1.807, 2.05) is 38.4 Å². The highest BCUT2D eigenvalue weighted by Crippen LogP contribution is 2.16. The smallest absolute Gasteiger partial charge is 0.264 e. The number of hydroxylamine groups is 1. The van der Waals surface area contributed by atoms with Gasteiger partial charge in [0.1, 0.15) is 0 Å². The topological polar surface area (TPSA) is 78.9 Å². The van der Waals surface area contributed by atoms with Gasteiger partial charge in [-0.05, 0) is 43.4 Å². The van der Waals surface area contributed by atoms with E-state index < -0.39 is 10.0 Å². The normalized spacial score (nSPS) is 11.8. The third-order valence-corrected chi connectivity index (χ3v) is 5.71. The third-order valence-electron chi connectivity index (χ3n) is 4.03. The summed E-state index contributed by atoms with van der Waals surface area (Å²) in [5.74, 6) is -0.341. The monoisotopic (exact) mass is 391 g/mol. The molecule has 0 spiro atoms. The van der Waals surface area contributed by atoms with Gasteiger partial charge < -0.3 is 10.2 Å². The Kier molecular flexibility index (Phi) is 7.09. The zero-order valence-electron chi connectivity index (χ0n) is 16.0. The molecule has 0 saturated carbocycles. The van der Waals surface area contributed by atoms with Crippen LogP contribution in [0.15, 0.2) is 53.4 Å². The summed E-state index contributed by atoms with van der Waals surface area (Å²) >= 11 is 0. The van der Waals surface area contributed by atoms with E-state index in [9.17, 15) is 13.2 Å². The quantitative estimate of drug-likeness (QED) is 0.695. The first-order valence-electron chi connectivity index (χ1n) is 8.38. The van der Waals surface area contributed by atoms with Crippen molar-refractivity contribution in [3.05, 3.63) is 65.2 Å². The van der Waals surface area contributed by atoms with Crippen molar-refractivity contribution in [2.75, 3.05) is 28.3 Å². The molecular weight excluding hydrogens is 366 g/mol. The number of carbonyl (C=O) groups is 1. The molecule has 0 aromatic heterocycles. The maximum Gasteiger partial charge on any atom is 0.264 e. The zero-order chi connectivity index (χ0) is 20.0. The molecule has 0 fully saturated rings. The molecule has 0 aliphatic heterocycles. The number of hydrogen-bond acceptors (Lipinski definition) is 5. The van der Waals surface area contributed by atoms with E-state index in [1.54, 1.807) is 6.07 Å². The van der Waals surface area contributed by atoms with Crippen LogP contribution in [-0.2, 0) is 28.0 Å². The SMILES string of the molecule is CON(C)S(=O)(=O)c1cccc(C(=O)NCc2ccccc2CN(C)C)c1. The number of nitrogens with zero attached hydrogens (tertiary/aromatic N) is 2. The lowest BCUT2D eigenvalue weighted by molar-refractivity contribution is -0.0258. The van der Waals surface area contributed by atoms with Crippen LogP contribution in [-0.4, -0.2) is 51.9 Å². The van der Waals surface area contributed by atoms with Gasteiger partial charge in [0, 0.05) is 25.7 Å². The van der Waals surface area contributed by atoms with E-state index in [-0.39, 0.29) is 16.4 Å². The summed E-state index contributed by atoms with van der Waals surface area (Å²) in [7, 11) is 2.72. The minimum absolute atomic E-state index is 0.00694. The molecule has 0 unspecified atom stereocenters. The molecule has 0 saturated heterocycles. The van der Waals surface area contributed by atoms with E-state index in [2.05, 4.69) is 10.2 Å². The highest BCUT2D eigenvalue weighted by atomic mass is 32.2. The van der Waals surface area contributed by atoms with Crippen molar-refractivity contribution < 1.29 is 18.0 Å². The van der Waals surface area contributed by atoms with Crippen molar-refractivity contribution in [2.24, 2.45) is 0 Å². The number of amides is 1. The molecule has 8 heteroatoms. The summed E-state index contributed by atoms with van der Waals surface area (Å²) < 4.78 is 25.4. The van der Waals surface area contributed by atoms with Crippen LogP contribution >= 0.6 is 0 Å². The second-order valence-electron chi connectivity index (χ2n) is 6.31. The largest absolute Gasteiger partial charge is 0.348 e. The van der Waals surface area contributed by atoms with Gasteiger partial charge in [-0.25, -0.2) is 8.42 Å². The molecule has 1 amide bonds. The Balaban J connectivity index is 2.15. The lowest BCUT2D eigenvalue weighted by Gasteiger charge is -2.16. The summed E-state index contributed by atoms with van der Waals surface area (Å²) in [6.45, 7) is 1.13. The Bertz CT molecular complexity index is 897. The van der Waals surface area contributed by atoms with E-state index in [4.69, 9.17) is 4.84 Å². The van der Waals surface area contributed by atoms with E-state index >= 15 is 0 Å². The molecule has 0 bridgehead atoms. The summed E-state index contributed by atoms with van der Waals surface area (Å²) in [6.07, 6.45) is 0. The predicted octanol–water partition coefficient (Wildman–Crippen LogP) is 1.86. The Morgan fingerprint density at radius 3 is 2.33 bits per heavy atom. The second kappa shape index (κ2) is 9.09. The summed E-state index contributed by atoms with van der Waals surface area (Å²) in [4.78, 5) is 19.3. The average molecular weight is 391 g/mol. The van der Waals surface area contributed by atoms with Crippen LogP contribution in [0.2, 0.25) is 0 Å². The highest BCUT2D eigenvalue weighted by molar-refractivity contribution is 7.89. The predicted molar refractivity (Wildman–Crippen MR) is 103 cm³/mol. The van der Waals surface area contributed by atoms with Crippen LogP contribution in [0.3, 0.4) is 0 Å². The van der Waals surface area contributed by atoms with Crippen molar-refractivity contribution in [1.82, 2.24) is 14.7 Å². The molecule has 2 rings (SSSR count). The summed E-state index contributed by atoms with van der Waals surface area (Å²) in [5, 5.41) is 2.85. The molecule has 0 aliphatic rings. The van der Waals surface area contributed by atoms with Crippen molar-refractivity contribution >= 4 is 15.9 Å². The number of nitrogens with one attached hydrogen (secondary N) is 1. The Labute approximate surface area is 160 Å². The number of sulfonamides is 1. The molecule has 7 nitrogen and oxygen atoms in total. The summed E-state index contributed by atoms with van der Waals surface area (Å²) in [6, 6.07) is 13.8. The molecular formula is C19H25N3O4S. The van der Waals surface area contributed by atoms with Gasteiger partial charge in [0.05, 0.1) is 12.0 Å². The molecule has 2 aromatic carbocycles. The molecule has 0 radical (unpaired) electrons. The molecule has 146 valence electrons. The first-order valence-corrected chi connectivity index (χ1v) is 9.82. The van der Waals surface area contributed by atoms with Crippen LogP contribution in [0.4, 0.5) is 0 Å². The minimum atomic E-state index is -3.81. The van der Waals surface area contributed by atoms with Crippen LogP contribution in [0.1, 0.15) is 21.5 Å². The Hall–Kier alpha value is -2.26. The Morgan fingerprint density at radius 2 is 1.70 bits per heavy atom. The standard InChI is InChI=1S/C19H25N3O4S/c1-21(2)14-17-9-6-5-8-16(17)13-20-19(23)15-10-7-11-18(12-15)27(24,25)22(3)26-4/h5-12H,13-14H2,1-4H3,(H,20,23). The van der Waals surface area contributed by atoms with Crippen molar-refractivity contribution in [2.45, 2.75) is 18.0 Å². The molecule has 0 atom stereocenters.